The van der Waals surface area contributed by atoms with Crippen LogP contribution in [-0.2, 0) is 19.4 Å². The molecule has 6 rings (SSSR count). The van der Waals surface area contributed by atoms with Gasteiger partial charge < -0.3 is 5.32 Å². The highest BCUT2D eigenvalue weighted by molar-refractivity contribution is 5.96. The summed E-state index contributed by atoms with van der Waals surface area (Å²) in [6.45, 7) is 0.993. The molecule has 3 aliphatic carbocycles. The number of benzene rings is 3. The summed E-state index contributed by atoms with van der Waals surface area (Å²) in [4.78, 5) is 0. The van der Waals surface area contributed by atoms with E-state index in [0.29, 0.717) is 0 Å². The van der Waals surface area contributed by atoms with E-state index in [4.69, 9.17) is 0 Å². The predicted molar refractivity (Wildman–Crippen MR) is 127 cm³/mol. The van der Waals surface area contributed by atoms with Gasteiger partial charge in [0.05, 0.1) is 0 Å². The van der Waals surface area contributed by atoms with Gasteiger partial charge in [-0.3, -0.25) is 0 Å². The molecule has 1 N–H and O–H groups in total. The molecule has 150 valence electrons. The third-order valence-electron chi connectivity index (χ3n) is 7.04. The lowest BCUT2D eigenvalue weighted by molar-refractivity contribution is 0.687. The number of allylic oxidation sites excluding steroid dienone is 4. The molecule has 3 aromatic carbocycles. The minimum Gasteiger partial charge on any atom is -0.310 e. The van der Waals surface area contributed by atoms with Gasteiger partial charge in [0.25, 0.3) is 0 Å². The Bertz CT molecular complexity index is 1180. The predicted octanol–water partition coefficient (Wildman–Crippen LogP) is 6.73. The van der Waals surface area contributed by atoms with Crippen molar-refractivity contribution in [2.24, 2.45) is 0 Å². The van der Waals surface area contributed by atoms with Crippen molar-refractivity contribution < 1.29 is 0 Å². The Morgan fingerprint density at radius 2 is 1.77 bits per heavy atom. The Hall–Kier alpha value is -2.64. The van der Waals surface area contributed by atoms with E-state index in [2.05, 4.69) is 72.1 Å². The molecule has 0 heterocycles. The number of aryl methyl sites for hydroxylation is 1. The number of hydrogen-bond acceptors (Lipinski definition) is 1. The first-order valence-corrected chi connectivity index (χ1v) is 11.6. The highest BCUT2D eigenvalue weighted by Crippen LogP contribution is 2.41. The van der Waals surface area contributed by atoms with Crippen molar-refractivity contribution in [3.63, 3.8) is 0 Å². The second-order valence-electron chi connectivity index (χ2n) is 9.22. The van der Waals surface area contributed by atoms with Gasteiger partial charge in [-0.05, 0) is 89.1 Å². The van der Waals surface area contributed by atoms with E-state index in [-0.39, 0.29) is 0 Å². The van der Waals surface area contributed by atoms with Crippen molar-refractivity contribution in [2.45, 2.75) is 57.5 Å². The van der Waals surface area contributed by atoms with Gasteiger partial charge in [-0.1, -0.05) is 72.3 Å². The molecule has 3 aliphatic rings. The molecular formula is C29H29N. The zero-order valence-electron chi connectivity index (χ0n) is 17.6. The Labute approximate surface area is 179 Å². The van der Waals surface area contributed by atoms with E-state index in [9.17, 15) is 0 Å². The van der Waals surface area contributed by atoms with Crippen molar-refractivity contribution in [1.82, 2.24) is 5.32 Å². The summed E-state index contributed by atoms with van der Waals surface area (Å²) in [7, 11) is 0. The molecule has 0 aromatic heterocycles. The van der Waals surface area contributed by atoms with E-state index >= 15 is 0 Å². The van der Waals surface area contributed by atoms with Gasteiger partial charge in [-0.2, -0.15) is 0 Å². The smallest absolute Gasteiger partial charge is 0.0208 e. The van der Waals surface area contributed by atoms with Crippen LogP contribution in [0.15, 0.2) is 72.3 Å². The highest BCUT2D eigenvalue weighted by Gasteiger charge is 2.22. The van der Waals surface area contributed by atoms with E-state index in [0.717, 1.165) is 19.0 Å². The monoisotopic (exact) mass is 391 g/mol. The minimum absolute atomic E-state index is 0.756. The highest BCUT2D eigenvalue weighted by atomic mass is 14.9. The Morgan fingerprint density at radius 1 is 0.867 bits per heavy atom. The molecule has 1 nitrogen and oxygen atoms in total. The number of hydrogen-bond donors (Lipinski definition) is 1. The lowest BCUT2D eigenvalue weighted by Gasteiger charge is -2.26. The topological polar surface area (TPSA) is 12.0 Å². The second kappa shape index (κ2) is 7.56. The average molecular weight is 392 g/mol. The second-order valence-corrected chi connectivity index (χ2v) is 9.22. The first-order valence-electron chi connectivity index (χ1n) is 11.6. The van der Waals surface area contributed by atoms with Crippen LogP contribution >= 0.6 is 0 Å². The molecule has 1 saturated carbocycles. The summed E-state index contributed by atoms with van der Waals surface area (Å²) in [5, 5.41) is 6.54. The van der Waals surface area contributed by atoms with E-state index in [1.165, 1.54) is 77.1 Å². The number of fused-ring (bicyclic) bond motifs is 4. The molecule has 0 atom stereocenters. The Balaban J connectivity index is 1.38. The van der Waals surface area contributed by atoms with E-state index in [1.54, 1.807) is 11.1 Å². The van der Waals surface area contributed by atoms with Gasteiger partial charge in [-0.25, -0.2) is 0 Å². The first-order chi connectivity index (χ1) is 14.8. The van der Waals surface area contributed by atoms with Crippen molar-refractivity contribution in [3.8, 4) is 0 Å². The first kappa shape index (κ1) is 18.2. The molecule has 3 aromatic rings. The van der Waals surface area contributed by atoms with Crippen LogP contribution in [0.3, 0.4) is 0 Å². The standard InChI is InChI=1S/C29H29N/c1-2-10-26-22(7-1)11-16-28-27(26)15-12-23-8-4-9-24(29(23)28)18-20-5-3-6-21(17-20)19-30-25-13-14-25/h2-6,8-10,12,15,17,25,30H,1,7,11,13-14,16,18-19H2. The molecule has 0 radical (unpaired) electrons. The van der Waals surface area contributed by atoms with E-state index < -0.39 is 0 Å². The SMILES string of the molecule is C1=CC2=C(CC1)CCc1c2ccc2cccc(Cc3cccc(CNC4CC4)c3)c12. The summed E-state index contributed by atoms with van der Waals surface area (Å²) in [5.41, 5.74) is 10.5. The van der Waals surface area contributed by atoms with E-state index in [1.807, 2.05) is 0 Å². The fourth-order valence-electron chi connectivity index (χ4n) is 5.34. The van der Waals surface area contributed by atoms with Crippen LogP contribution in [0.5, 0.6) is 0 Å². The molecular weight excluding hydrogens is 362 g/mol. The zero-order chi connectivity index (χ0) is 19.9. The maximum Gasteiger partial charge on any atom is 0.0208 e. The molecule has 1 fully saturated rings. The Morgan fingerprint density at radius 3 is 2.70 bits per heavy atom. The molecule has 0 aliphatic heterocycles. The van der Waals surface area contributed by atoms with Gasteiger partial charge in [0.2, 0.25) is 0 Å². The van der Waals surface area contributed by atoms with Gasteiger partial charge in [-0.15, -0.1) is 0 Å². The van der Waals surface area contributed by atoms with Crippen LogP contribution in [0, 0.1) is 0 Å². The van der Waals surface area contributed by atoms with Crippen LogP contribution in [0.2, 0.25) is 0 Å². The molecule has 0 bridgehead atoms. The quantitative estimate of drug-likeness (QED) is 0.508. The molecule has 0 saturated heterocycles. The number of rotatable bonds is 5. The molecule has 30 heavy (non-hydrogen) atoms. The summed E-state index contributed by atoms with van der Waals surface area (Å²) >= 11 is 0. The van der Waals surface area contributed by atoms with Crippen LogP contribution in [0.25, 0.3) is 16.3 Å². The molecule has 0 unspecified atom stereocenters. The fraction of sp³-hybridized carbons (Fsp3) is 0.310. The van der Waals surface area contributed by atoms with Crippen LogP contribution < -0.4 is 5.32 Å². The van der Waals surface area contributed by atoms with Gasteiger partial charge >= 0.3 is 0 Å². The van der Waals surface area contributed by atoms with Crippen molar-refractivity contribution in [3.05, 3.63) is 100 Å². The lowest BCUT2D eigenvalue weighted by Crippen LogP contribution is -2.15. The third kappa shape index (κ3) is 3.42. The van der Waals surface area contributed by atoms with Crippen LogP contribution in [0.4, 0.5) is 0 Å². The maximum absolute atomic E-state index is 3.65. The van der Waals surface area contributed by atoms with Crippen LogP contribution in [-0.4, -0.2) is 6.04 Å². The Kier molecular flexibility index (Phi) is 4.57. The molecule has 0 spiro atoms. The molecule has 1 heteroatoms. The van der Waals surface area contributed by atoms with Crippen molar-refractivity contribution in [1.29, 1.82) is 0 Å². The third-order valence-corrected chi connectivity index (χ3v) is 7.04. The number of nitrogens with one attached hydrogen (secondary N) is 1. The summed E-state index contributed by atoms with van der Waals surface area (Å²) in [5.74, 6) is 0. The normalized spacial score (nSPS) is 17.9. The van der Waals surface area contributed by atoms with Gasteiger partial charge in [0.15, 0.2) is 0 Å². The maximum atomic E-state index is 3.65. The fourth-order valence-corrected chi connectivity index (χ4v) is 5.34. The zero-order valence-corrected chi connectivity index (χ0v) is 17.6. The summed E-state index contributed by atoms with van der Waals surface area (Å²) in [6.07, 6.45) is 13.3. The van der Waals surface area contributed by atoms with Gasteiger partial charge in [0, 0.05) is 12.6 Å². The van der Waals surface area contributed by atoms with Crippen LogP contribution in [0.1, 0.15) is 59.9 Å². The minimum atomic E-state index is 0.756. The van der Waals surface area contributed by atoms with Gasteiger partial charge in [0.1, 0.15) is 0 Å². The van der Waals surface area contributed by atoms with Crippen molar-refractivity contribution in [2.75, 3.05) is 0 Å². The largest absolute Gasteiger partial charge is 0.310 e. The average Bonchev–Trinajstić information content (AvgIpc) is 3.62. The molecule has 0 amide bonds. The van der Waals surface area contributed by atoms with Crippen molar-refractivity contribution >= 4 is 16.3 Å². The summed E-state index contributed by atoms with van der Waals surface area (Å²) < 4.78 is 0. The lowest BCUT2D eigenvalue weighted by atomic mass is 9.78. The summed E-state index contributed by atoms with van der Waals surface area (Å²) in [6, 6.07) is 21.5.